The normalized spacial score (nSPS) is 16.5. The SMILES string of the molecule is C[C@@H]1CCc2c(sc(NC(=O)Nc3ccccc3)c2C#N)C1. The molecule has 0 fully saturated rings. The number of rotatable bonds is 2. The van der Waals surface area contributed by atoms with Crippen LogP contribution in [0.3, 0.4) is 0 Å². The van der Waals surface area contributed by atoms with Crippen molar-refractivity contribution >= 4 is 28.1 Å². The van der Waals surface area contributed by atoms with E-state index in [4.69, 9.17) is 0 Å². The van der Waals surface area contributed by atoms with Crippen molar-refractivity contribution in [3.63, 3.8) is 0 Å². The molecule has 3 rings (SSSR count). The highest BCUT2D eigenvalue weighted by molar-refractivity contribution is 7.16. The van der Waals surface area contributed by atoms with Gasteiger partial charge in [-0.1, -0.05) is 25.1 Å². The average Bonchev–Trinajstić information content (AvgIpc) is 2.84. The maximum absolute atomic E-state index is 12.1. The maximum atomic E-state index is 12.1. The number of thiophene rings is 1. The quantitative estimate of drug-likeness (QED) is 0.864. The van der Waals surface area contributed by atoms with Crippen LogP contribution in [-0.4, -0.2) is 6.03 Å². The fraction of sp³-hybridized carbons (Fsp3) is 0.294. The molecule has 2 N–H and O–H groups in total. The molecule has 0 saturated carbocycles. The molecule has 0 saturated heterocycles. The predicted molar refractivity (Wildman–Crippen MR) is 89.3 cm³/mol. The third-order valence-electron chi connectivity index (χ3n) is 3.88. The minimum Gasteiger partial charge on any atom is -0.308 e. The van der Waals surface area contributed by atoms with E-state index in [1.54, 1.807) is 0 Å². The number of para-hydroxylation sites is 1. The van der Waals surface area contributed by atoms with Gasteiger partial charge >= 0.3 is 6.03 Å². The number of carbonyl (C=O) groups excluding carboxylic acids is 1. The molecule has 0 unspecified atom stereocenters. The van der Waals surface area contributed by atoms with Gasteiger partial charge in [0, 0.05) is 10.6 Å². The molecule has 112 valence electrons. The van der Waals surface area contributed by atoms with Gasteiger partial charge in [0.25, 0.3) is 0 Å². The van der Waals surface area contributed by atoms with E-state index in [9.17, 15) is 10.1 Å². The van der Waals surface area contributed by atoms with Gasteiger partial charge in [-0.3, -0.25) is 5.32 Å². The van der Waals surface area contributed by atoms with Crippen LogP contribution in [-0.2, 0) is 12.8 Å². The number of hydrogen-bond acceptors (Lipinski definition) is 3. The zero-order chi connectivity index (χ0) is 15.5. The van der Waals surface area contributed by atoms with E-state index in [0.29, 0.717) is 16.5 Å². The van der Waals surface area contributed by atoms with Gasteiger partial charge in [0.1, 0.15) is 11.1 Å². The van der Waals surface area contributed by atoms with Crippen molar-refractivity contribution in [2.24, 2.45) is 5.92 Å². The van der Waals surface area contributed by atoms with Gasteiger partial charge < -0.3 is 5.32 Å². The van der Waals surface area contributed by atoms with Gasteiger partial charge in [-0.2, -0.15) is 5.26 Å². The van der Waals surface area contributed by atoms with Crippen molar-refractivity contribution in [1.29, 1.82) is 5.26 Å². The lowest BCUT2D eigenvalue weighted by atomic mass is 9.89. The Morgan fingerprint density at radius 3 is 2.82 bits per heavy atom. The highest BCUT2D eigenvalue weighted by atomic mass is 32.1. The number of carbonyl (C=O) groups is 1. The van der Waals surface area contributed by atoms with Crippen LogP contribution in [0.2, 0.25) is 0 Å². The molecule has 2 aromatic rings. The highest BCUT2D eigenvalue weighted by Crippen LogP contribution is 2.39. The topological polar surface area (TPSA) is 64.9 Å². The van der Waals surface area contributed by atoms with Crippen molar-refractivity contribution in [2.45, 2.75) is 26.2 Å². The van der Waals surface area contributed by atoms with Gasteiger partial charge in [0.05, 0.1) is 5.56 Å². The van der Waals surface area contributed by atoms with Crippen LogP contribution in [0.5, 0.6) is 0 Å². The van der Waals surface area contributed by atoms with Crippen LogP contribution in [0.4, 0.5) is 15.5 Å². The van der Waals surface area contributed by atoms with Crippen LogP contribution in [0.15, 0.2) is 30.3 Å². The van der Waals surface area contributed by atoms with Crippen molar-refractivity contribution in [1.82, 2.24) is 0 Å². The smallest absolute Gasteiger partial charge is 0.308 e. The van der Waals surface area contributed by atoms with Crippen LogP contribution in [0, 0.1) is 17.2 Å². The van der Waals surface area contributed by atoms with Crippen LogP contribution in [0.1, 0.15) is 29.3 Å². The van der Waals surface area contributed by atoms with E-state index < -0.39 is 0 Å². The van der Waals surface area contributed by atoms with Gasteiger partial charge in [-0.15, -0.1) is 11.3 Å². The molecule has 2 amide bonds. The largest absolute Gasteiger partial charge is 0.324 e. The molecule has 5 heteroatoms. The Morgan fingerprint density at radius 2 is 2.09 bits per heavy atom. The van der Waals surface area contributed by atoms with Crippen molar-refractivity contribution in [2.75, 3.05) is 10.6 Å². The molecule has 22 heavy (non-hydrogen) atoms. The Bertz CT molecular complexity index is 730. The Morgan fingerprint density at radius 1 is 1.32 bits per heavy atom. The zero-order valence-electron chi connectivity index (χ0n) is 12.3. The van der Waals surface area contributed by atoms with Gasteiger partial charge in [0.2, 0.25) is 0 Å². The van der Waals surface area contributed by atoms with Crippen molar-refractivity contribution in [3.05, 3.63) is 46.3 Å². The Kier molecular flexibility index (Phi) is 4.12. The Balaban J connectivity index is 1.78. The number of hydrogen-bond donors (Lipinski definition) is 2. The molecule has 1 aromatic carbocycles. The zero-order valence-corrected chi connectivity index (χ0v) is 13.2. The minimum atomic E-state index is -0.311. The molecule has 1 aliphatic rings. The minimum absolute atomic E-state index is 0.311. The number of nitrogens with one attached hydrogen (secondary N) is 2. The number of amides is 2. The number of urea groups is 1. The molecule has 1 aliphatic carbocycles. The third-order valence-corrected chi connectivity index (χ3v) is 5.05. The van der Waals surface area contributed by atoms with E-state index in [1.165, 1.54) is 16.2 Å². The molecule has 4 nitrogen and oxygen atoms in total. The molecule has 0 aliphatic heterocycles. The van der Waals surface area contributed by atoms with E-state index in [-0.39, 0.29) is 6.03 Å². The average molecular weight is 311 g/mol. The number of fused-ring (bicyclic) bond motifs is 1. The van der Waals surface area contributed by atoms with E-state index in [2.05, 4.69) is 23.6 Å². The van der Waals surface area contributed by atoms with Crippen LogP contribution in [0.25, 0.3) is 0 Å². The molecular weight excluding hydrogens is 294 g/mol. The maximum Gasteiger partial charge on any atom is 0.324 e. The number of nitriles is 1. The monoisotopic (exact) mass is 311 g/mol. The molecule has 0 bridgehead atoms. The molecule has 1 heterocycles. The summed E-state index contributed by atoms with van der Waals surface area (Å²) in [4.78, 5) is 13.3. The second-order valence-corrected chi connectivity index (χ2v) is 6.72. The van der Waals surface area contributed by atoms with E-state index in [0.717, 1.165) is 30.5 Å². The summed E-state index contributed by atoms with van der Waals surface area (Å²) in [5.74, 6) is 0.642. The summed E-state index contributed by atoms with van der Waals surface area (Å²) in [5.41, 5.74) is 2.49. The number of nitrogens with zero attached hydrogens (tertiary/aromatic N) is 1. The molecule has 1 atom stereocenters. The fourth-order valence-electron chi connectivity index (χ4n) is 2.74. The van der Waals surface area contributed by atoms with Crippen molar-refractivity contribution < 1.29 is 4.79 Å². The third kappa shape index (κ3) is 2.97. The first kappa shape index (κ1) is 14.6. The Hall–Kier alpha value is -2.32. The molecular formula is C17H17N3OS. The summed E-state index contributed by atoms with van der Waals surface area (Å²) in [7, 11) is 0. The summed E-state index contributed by atoms with van der Waals surface area (Å²) >= 11 is 1.53. The lowest BCUT2D eigenvalue weighted by Crippen LogP contribution is -2.19. The van der Waals surface area contributed by atoms with E-state index >= 15 is 0 Å². The fourth-order valence-corrected chi connectivity index (χ4v) is 4.10. The van der Waals surface area contributed by atoms with Crippen LogP contribution < -0.4 is 10.6 Å². The summed E-state index contributed by atoms with van der Waals surface area (Å²) in [6.45, 7) is 2.23. The molecule has 0 spiro atoms. The van der Waals surface area contributed by atoms with Gasteiger partial charge in [-0.25, -0.2) is 4.79 Å². The summed E-state index contributed by atoms with van der Waals surface area (Å²) in [6.07, 6.45) is 3.03. The standard InChI is InChI=1S/C17H17N3OS/c1-11-7-8-13-14(10-18)16(22-15(13)9-11)20-17(21)19-12-5-3-2-4-6-12/h2-6,11H,7-9H2,1H3,(H2,19,20,21)/t11-/m1/s1. The Labute approximate surface area is 133 Å². The summed E-state index contributed by atoms with van der Waals surface area (Å²) < 4.78 is 0. The number of anilines is 2. The van der Waals surface area contributed by atoms with E-state index in [1.807, 2.05) is 30.3 Å². The summed E-state index contributed by atoms with van der Waals surface area (Å²) in [6, 6.07) is 11.2. The predicted octanol–water partition coefficient (Wildman–Crippen LogP) is 4.39. The first-order chi connectivity index (χ1) is 10.7. The van der Waals surface area contributed by atoms with Crippen molar-refractivity contribution in [3.8, 4) is 6.07 Å². The molecule has 0 radical (unpaired) electrons. The first-order valence-electron chi connectivity index (χ1n) is 7.35. The molecule has 1 aromatic heterocycles. The highest BCUT2D eigenvalue weighted by Gasteiger charge is 2.24. The summed E-state index contributed by atoms with van der Waals surface area (Å²) in [5, 5.41) is 15.7. The lowest BCUT2D eigenvalue weighted by molar-refractivity contribution is 0.262. The second kappa shape index (κ2) is 6.20. The van der Waals surface area contributed by atoms with Gasteiger partial charge in [-0.05, 0) is 42.9 Å². The lowest BCUT2D eigenvalue weighted by Gasteiger charge is -2.17. The first-order valence-corrected chi connectivity index (χ1v) is 8.16. The second-order valence-electron chi connectivity index (χ2n) is 5.61. The number of benzene rings is 1. The van der Waals surface area contributed by atoms with Crippen LogP contribution >= 0.6 is 11.3 Å². The van der Waals surface area contributed by atoms with Gasteiger partial charge in [0.15, 0.2) is 0 Å².